The molecule has 0 aromatic heterocycles. The Bertz CT molecular complexity index is 564. The molecule has 1 aliphatic rings. The summed E-state index contributed by atoms with van der Waals surface area (Å²) in [5, 5.41) is 11.9. The molecular weight excluding hydrogens is 298 g/mol. The first kappa shape index (κ1) is 17.1. The molecule has 23 heavy (non-hydrogen) atoms. The van der Waals surface area contributed by atoms with Gasteiger partial charge < -0.3 is 15.2 Å². The van der Waals surface area contributed by atoms with Crippen molar-refractivity contribution in [3.63, 3.8) is 0 Å². The quantitative estimate of drug-likeness (QED) is 0.747. The first-order valence-corrected chi connectivity index (χ1v) is 7.70. The number of carboxylic acid groups (broad SMARTS) is 1. The van der Waals surface area contributed by atoms with Gasteiger partial charge in [0.05, 0.1) is 12.0 Å². The lowest BCUT2D eigenvalue weighted by Crippen LogP contribution is -2.53. The second-order valence-corrected chi connectivity index (χ2v) is 5.80. The number of aliphatic carboxylic acids is 1. The second-order valence-electron chi connectivity index (χ2n) is 5.80. The van der Waals surface area contributed by atoms with Crippen molar-refractivity contribution in [1.82, 2.24) is 5.32 Å². The number of nitrogens with one attached hydrogen (secondary N) is 1. The van der Waals surface area contributed by atoms with Gasteiger partial charge in [0.25, 0.3) is 0 Å². The molecule has 6 nitrogen and oxygen atoms in total. The highest BCUT2D eigenvalue weighted by molar-refractivity contribution is 5.98. The maximum Gasteiger partial charge on any atom is 0.305 e. The Balaban J connectivity index is 1.89. The molecule has 1 aromatic carbocycles. The minimum Gasteiger partial charge on any atom is -0.481 e. The van der Waals surface area contributed by atoms with Crippen LogP contribution in [0.5, 0.6) is 0 Å². The fraction of sp³-hybridized carbons (Fsp3) is 0.471. The minimum atomic E-state index is -0.951. The van der Waals surface area contributed by atoms with Crippen molar-refractivity contribution in [2.24, 2.45) is 0 Å². The summed E-state index contributed by atoms with van der Waals surface area (Å²) in [4.78, 5) is 35.2. The third kappa shape index (κ3) is 5.17. The van der Waals surface area contributed by atoms with Crippen LogP contribution in [0.25, 0.3) is 0 Å². The molecule has 0 radical (unpaired) electrons. The smallest absolute Gasteiger partial charge is 0.305 e. The van der Waals surface area contributed by atoms with Crippen molar-refractivity contribution < 1.29 is 24.2 Å². The van der Waals surface area contributed by atoms with E-state index in [4.69, 9.17) is 9.84 Å². The van der Waals surface area contributed by atoms with E-state index in [1.54, 1.807) is 24.3 Å². The summed E-state index contributed by atoms with van der Waals surface area (Å²) in [7, 11) is 0. The lowest BCUT2D eigenvalue weighted by molar-refractivity contribution is -0.140. The predicted octanol–water partition coefficient (Wildman–Crippen LogP) is 1.79. The molecule has 1 saturated heterocycles. The summed E-state index contributed by atoms with van der Waals surface area (Å²) in [6.45, 7) is 0.854. The van der Waals surface area contributed by atoms with Gasteiger partial charge in [-0.25, -0.2) is 0 Å². The largest absolute Gasteiger partial charge is 0.481 e. The molecule has 6 heteroatoms. The maximum absolute atomic E-state index is 12.1. The van der Waals surface area contributed by atoms with Crippen LogP contribution in [0.2, 0.25) is 0 Å². The average Bonchev–Trinajstić information content (AvgIpc) is 2.53. The van der Waals surface area contributed by atoms with Crippen LogP contribution in [-0.4, -0.2) is 41.5 Å². The Morgan fingerprint density at radius 2 is 1.74 bits per heavy atom. The number of hydrogen-bond donors (Lipinski definition) is 2. The number of carbonyl (C=O) groups is 3. The molecular formula is C17H21NO5. The molecule has 2 N–H and O–H groups in total. The number of amides is 1. The van der Waals surface area contributed by atoms with Gasteiger partial charge in [0.15, 0.2) is 5.78 Å². The van der Waals surface area contributed by atoms with Crippen molar-refractivity contribution in [3.8, 4) is 0 Å². The third-order valence-corrected chi connectivity index (χ3v) is 4.02. The van der Waals surface area contributed by atoms with E-state index in [-0.39, 0.29) is 31.0 Å². The average molecular weight is 319 g/mol. The first-order valence-electron chi connectivity index (χ1n) is 7.70. The number of ether oxygens (including phenoxy) is 1. The standard InChI is InChI=1S/C17H21NO5/c19-14(13-4-2-1-3-5-13)6-7-15(20)18-17(12-16(21)22)8-10-23-11-9-17/h1-5H,6-12H2,(H,18,20)(H,21,22). The van der Waals surface area contributed by atoms with E-state index in [0.29, 0.717) is 31.6 Å². The van der Waals surface area contributed by atoms with E-state index in [0.717, 1.165) is 0 Å². The molecule has 1 aliphatic heterocycles. The molecule has 0 aliphatic carbocycles. The number of hydrogen-bond acceptors (Lipinski definition) is 4. The zero-order chi connectivity index (χ0) is 16.7. The Hall–Kier alpha value is -2.21. The molecule has 0 spiro atoms. The van der Waals surface area contributed by atoms with Gasteiger partial charge in [-0.15, -0.1) is 0 Å². The molecule has 2 rings (SSSR count). The number of carbonyl (C=O) groups excluding carboxylic acids is 2. The van der Waals surface area contributed by atoms with E-state index in [9.17, 15) is 14.4 Å². The summed E-state index contributed by atoms with van der Waals surface area (Å²) in [6.07, 6.45) is 0.968. The molecule has 0 unspecified atom stereocenters. The second kappa shape index (κ2) is 7.87. The Kier molecular flexibility index (Phi) is 5.87. The fourth-order valence-corrected chi connectivity index (χ4v) is 2.75. The molecule has 0 bridgehead atoms. The molecule has 1 fully saturated rings. The Morgan fingerprint density at radius 1 is 1.09 bits per heavy atom. The van der Waals surface area contributed by atoms with Gasteiger partial charge >= 0.3 is 5.97 Å². The SMILES string of the molecule is O=C(O)CC1(NC(=O)CCC(=O)c2ccccc2)CCOCC1. The minimum absolute atomic E-state index is 0.0515. The van der Waals surface area contributed by atoms with Crippen LogP contribution in [0, 0.1) is 0 Å². The van der Waals surface area contributed by atoms with E-state index < -0.39 is 11.5 Å². The topological polar surface area (TPSA) is 92.7 Å². The van der Waals surface area contributed by atoms with Gasteiger partial charge in [0.1, 0.15) is 0 Å². The fourth-order valence-electron chi connectivity index (χ4n) is 2.75. The van der Waals surface area contributed by atoms with Crippen LogP contribution in [-0.2, 0) is 14.3 Å². The van der Waals surface area contributed by atoms with Gasteiger partial charge in [-0.05, 0) is 12.8 Å². The maximum atomic E-state index is 12.1. The van der Waals surface area contributed by atoms with Crippen LogP contribution in [0.3, 0.4) is 0 Å². The van der Waals surface area contributed by atoms with Crippen LogP contribution in [0.15, 0.2) is 30.3 Å². The lowest BCUT2D eigenvalue weighted by Gasteiger charge is -2.36. The summed E-state index contributed by atoms with van der Waals surface area (Å²) in [6, 6.07) is 8.80. The van der Waals surface area contributed by atoms with E-state index >= 15 is 0 Å². The molecule has 1 amide bonds. The zero-order valence-electron chi connectivity index (χ0n) is 12.9. The van der Waals surface area contributed by atoms with Crippen LogP contribution >= 0.6 is 0 Å². The molecule has 0 atom stereocenters. The van der Waals surface area contributed by atoms with Crippen molar-refractivity contribution in [2.45, 2.75) is 37.6 Å². The van der Waals surface area contributed by atoms with Gasteiger partial charge in [0, 0.05) is 31.6 Å². The van der Waals surface area contributed by atoms with Gasteiger partial charge in [-0.1, -0.05) is 30.3 Å². The van der Waals surface area contributed by atoms with E-state index in [1.165, 1.54) is 0 Å². The van der Waals surface area contributed by atoms with Crippen LogP contribution < -0.4 is 5.32 Å². The van der Waals surface area contributed by atoms with Gasteiger partial charge in [0.2, 0.25) is 5.91 Å². The van der Waals surface area contributed by atoms with Crippen LogP contribution in [0.1, 0.15) is 42.5 Å². The highest BCUT2D eigenvalue weighted by atomic mass is 16.5. The summed E-state index contributed by atoms with van der Waals surface area (Å²) >= 11 is 0. The third-order valence-electron chi connectivity index (χ3n) is 4.02. The van der Waals surface area contributed by atoms with E-state index in [1.807, 2.05) is 6.07 Å². The molecule has 1 heterocycles. The highest BCUT2D eigenvalue weighted by Crippen LogP contribution is 2.25. The highest BCUT2D eigenvalue weighted by Gasteiger charge is 2.36. The number of Topliss-reactive ketones (excluding diaryl/α,β-unsaturated/α-hetero) is 1. The van der Waals surface area contributed by atoms with Gasteiger partial charge in [-0.2, -0.15) is 0 Å². The number of benzene rings is 1. The number of ketones is 1. The first-order chi connectivity index (χ1) is 11.0. The molecule has 1 aromatic rings. The lowest BCUT2D eigenvalue weighted by atomic mass is 9.86. The Labute approximate surface area is 134 Å². The molecule has 124 valence electrons. The molecule has 0 saturated carbocycles. The van der Waals surface area contributed by atoms with Crippen molar-refractivity contribution in [1.29, 1.82) is 0 Å². The van der Waals surface area contributed by atoms with Crippen LogP contribution in [0.4, 0.5) is 0 Å². The van der Waals surface area contributed by atoms with Crippen molar-refractivity contribution in [3.05, 3.63) is 35.9 Å². The van der Waals surface area contributed by atoms with Crippen molar-refractivity contribution in [2.75, 3.05) is 13.2 Å². The Morgan fingerprint density at radius 3 is 2.35 bits per heavy atom. The van der Waals surface area contributed by atoms with E-state index in [2.05, 4.69) is 5.32 Å². The number of rotatable bonds is 7. The van der Waals surface area contributed by atoms with Crippen molar-refractivity contribution >= 4 is 17.7 Å². The number of carboxylic acids is 1. The summed E-state index contributed by atoms with van der Waals surface area (Å²) < 4.78 is 5.25. The summed E-state index contributed by atoms with van der Waals surface area (Å²) in [5.41, 5.74) is -0.191. The normalized spacial score (nSPS) is 16.5. The van der Waals surface area contributed by atoms with Gasteiger partial charge in [-0.3, -0.25) is 14.4 Å². The zero-order valence-corrected chi connectivity index (χ0v) is 12.9. The summed E-state index contributed by atoms with van der Waals surface area (Å²) in [5.74, 6) is -1.34. The monoisotopic (exact) mass is 319 g/mol. The predicted molar refractivity (Wildman–Crippen MR) is 83.2 cm³/mol.